The van der Waals surface area contributed by atoms with Gasteiger partial charge in [-0.25, -0.2) is 4.98 Å². The highest BCUT2D eigenvalue weighted by atomic mass is 19.4. The lowest BCUT2D eigenvalue weighted by Crippen LogP contribution is -2.45. The molecule has 0 spiro atoms. The molecule has 2 aromatic rings. The van der Waals surface area contributed by atoms with Crippen molar-refractivity contribution in [2.45, 2.75) is 12.4 Å². The SMILES string of the molecule is COCC(=O)N1CCOCC1c1ncc(-c2ccc(OC(F)(F)F)cc2)[nH]1. The molecule has 3 rings (SSSR count). The van der Waals surface area contributed by atoms with Gasteiger partial charge in [0.2, 0.25) is 5.91 Å². The number of carbonyl (C=O) groups excluding carboxylic acids is 1. The molecule has 27 heavy (non-hydrogen) atoms. The number of amides is 1. The first-order valence-electron chi connectivity index (χ1n) is 8.14. The number of ether oxygens (including phenoxy) is 3. The van der Waals surface area contributed by atoms with E-state index in [1.807, 2.05) is 0 Å². The quantitative estimate of drug-likeness (QED) is 0.856. The Morgan fingerprint density at radius 3 is 2.78 bits per heavy atom. The molecule has 1 N–H and O–H groups in total. The number of hydrogen-bond acceptors (Lipinski definition) is 5. The predicted molar refractivity (Wildman–Crippen MR) is 87.9 cm³/mol. The van der Waals surface area contributed by atoms with Gasteiger partial charge in [0.1, 0.15) is 24.2 Å². The first-order valence-corrected chi connectivity index (χ1v) is 8.14. The van der Waals surface area contributed by atoms with Crippen LogP contribution in [-0.2, 0) is 14.3 Å². The Kier molecular flexibility index (Phi) is 5.66. The highest BCUT2D eigenvalue weighted by molar-refractivity contribution is 5.78. The third-order valence-electron chi connectivity index (χ3n) is 4.03. The van der Waals surface area contributed by atoms with E-state index in [-0.39, 0.29) is 24.3 Å². The number of aromatic nitrogens is 2. The first kappa shape index (κ1) is 19.2. The second kappa shape index (κ2) is 7.97. The number of H-pyrrole nitrogens is 1. The molecule has 10 heteroatoms. The highest BCUT2D eigenvalue weighted by Crippen LogP contribution is 2.28. The average Bonchev–Trinajstić information content (AvgIpc) is 3.11. The zero-order valence-electron chi connectivity index (χ0n) is 14.5. The largest absolute Gasteiger partial charge is 0.573 e. The molecular weight excluding hydrogens is 367 g/mol. The lowest BCUT2D eigenvalue weighted by Gasteiger charge is -2.34. The van der Waals surface area contributed by atoms with Crippen LogP contribution in [-0.4, -0.2) is 60.6 Å². The first-order chi connectivity index (χ1) is 12.9. The van der Waals surface area contributed by atoms with Crippen LogP contribution in [0.25, 0.3) is 11.3 Å². The van der Waals surface area contributed by atoms with E-state index >= 15 is 0 Å². The van der Waals surface area contributed by atoms with Gasteiger partial charge in [-0.2, -0.15) is 0 Å². The molecule has 7 nitrogen and oxygen atoms in total. The van der Waals surface area contributed by atoms with E-state index in [2.05, 4.69) is 14.7 Å². The Labute approximate surface area is 153 Å². The van der Waals surface area contributed by atoms with Gasteiger partial charge in [-0.3, -0.25) is 4.79 Å². The fourth-order valence-corrected chi connectivity index (χ4v) is 2.82. The second-order valence-electron chi connectivity index (χ2n) is 5.87. The summed E-state index contributed by atoms with van der Waals surface area (Å²) in [4.78, 5) is 21.3. The molecule has 1 aliphatic rings. The number of methoxy groups -OCH3 is 1. The van der Waals surface area contributed by atoms with Crippen LogP contribution in [0.3, 0.4) is 0 Å². The summed E-state index contributed by atoms with van der Waals surface area (Å²) in [5, 5.41) is 0. The minimum absolute atomic E-state index is 0.0370. The molecule has 2 heterocycles. The van der Waals surface area contributed by atoms with Crippen LogP contribution in [0.1, 0.15) is 11.9 Å². The van der Waals surface area contributed by atoms with Crippen LogP contribution >= 0.6 is 0 Å². The van der Waals surface area contributed by atoms with Crippen LogP contribution in [0.2, 0.25) is 0 Å². The number of rotatable bonds is 5. The average molecular weight is 385 g/mol. The molecule has 1 aromatic heterocycles. The Hall–Kier alpha value is -2.59. The van der Waals surface area contributed by atoms with Gasteiger partial charge in [-0.15, -0.1) is 13.2 Å². The lowest BCUT2D eigenvalue weighted by molar-refractivity contribution is -0.274. The molecule has 1 aliphatic heterocycles. The highest BCUT2D eigenvalue weighted by Gasteiger charge is 2.32. The van der Waals surface area contributed by atoms with Gasteiger partial charge < -0.3 is 24.1 Å². The number of imidazole rings is 1. The number of halogens is 3. The summed E-state index contributed by atoms with van der Waals surface area (Å²) >= 11 is 0. The number of hydrogen-bond donors (Lipinski definition) is 1. The summed E-state index contributed by atoms with van der Waals surface area (Å²) in [6.07, 6.45) is -3.18. The number of morpholine rings is 1. The minimum atomic E-state index is -4.73. The van der Waals surface area contributed by atoms with E-state index in [1.54, 1.807) is 11.1 Å². The summed E-state index contributed by atoms with van der Waals surface area (Å²) < 4.78 is 50.9. The summed E-state index contributed by atoms with van der Waals surface area (Å²) in [6, 6.07) is 5.04. The van der Waals surface area contributed by atoms with Crippen molar-refractivity contribution in [2.24, 2.45) is 0 Å². The zero-order valence-corrected chi connectivity index (χ0v) is 14.5. The van der Waals surface area contributed by atoms with Gasteiger partial charge in [0.05, 0.1) is 25.1 Å². The number of benzene rings is 1. The summed E-state index contributed by atoms with van der Waals surface area (Å²) in [5.41, 5.74) is 1.24. The summed E-state index contributed by atoms with van der Waals surface area (Å²) in [7, 11) is 1.45. The monoisotopic (exact) mass is 385 g/mol. The van der Waals surface area contributed by atoms with Gasteiger partial charge in [-0.05, 0) is 29.8 Å². The van der Waals surface area contributed by atoms with E-state index in [0.717, 1.165) is 0 Å². The van der Waals surface area contributed by atoms with Gasteiger partial charge in [0, 0.05) is 13.7 Å². The molecular formula is C17H18F3N3O4. The van der Waals surface area contributed by atoms with Gasteiger partial charge in [0.25, 0.3) is 0 Å². The number of alkyl halides is 3. The molecule has 0 bridgehead atoms. The van der Waals surface area contributed by atoms with E-state index < -0.39 is 6.36 Å². The minimum Gasteiger partial charge on any atom is -0.406 e. The Bertz CT molecular complexity index is 776. The standard InChI is InChI=1S/C17H18F3N3O4/c1-25-10-15(24)23-6-7-26-9-14(23)16-21-8-13(22-16)11-2-4-12(5-3-11)27-17(18,19)20/h2-5,8,14H,6-7,9-10H2,1H3,(H,21,22). The van der Waals surface area contributed by atoms with Crippen LogP contribution < -0.4 is 4.74 Å². The molecule has 1 fully saturated rings. The number of carbonyl (C=O) groups is 1. The van der Waals surface area contributed by atoms with Crippen molar-refractivity contribution in [1.29, 1.82) is 0 Å². The van der Waals surface area contributed by atoms with Gasteiger partial charge in [-0.1, -0.05) is 0 Å². The van der Waals surface area contributed by atoms with Gasteiger partial charge >= 0.3 is 6.36 Å². The molecule has 1 saturated heterocycles. The molecule has 146 valence electrons. The van der Waals surface area contributed by atoms with Crippen molar-refractivity contribution in [3.63, 3.8) is 0 Å². The third-order valence-corrected chi connectivity index (χ3v) is 4.03. The molecule has 0 saturated carbocycles. The lowest BCUT2D eigenvalue weighted by atomic mass is 10.1. The molecule has 0 radical (unpaired) electrons. The molecule has 1 aromatic carbocycles. The Balaban J connectivity index is 1.76. The van der Waals surface area contributed by atoms with Gasteiger partial charge in [0.15, 0.2) is 0 Å². The maximum Gasteiger partial charge on any atom is 0.573 e. The maximum absolute atomic E-state index is 12.2. The van der Waals surface area contributed by atoms with Crippen LogP contribution in [0, 0.1) is 0 Å². The fraction of sp³-hybridized carbons (Fsp3) is 0.412. The van der Waals surface area contributed by atoms with Crippen molar-refractivity contribution >= 4 is 5.91 Å². The number of nitrogens with zero attached hydrogens (tertiary/aromatic N) is 2. The van der Waals surface area contributed by atoms with Crippen LogP contribution in [0.4, 0.5) is 13.2 Å². The molecule has 0 aliphatic carbocycles. The predicted octanol–water partition coefficient (Wildman–Crippen LogP) is 2.52. The van der Waals surface area contributed by atoms with E-state index in [0.29, 0.717) is 36.8 Å². The van der Waals surface area contributed by atoms with E-state index in [4.69, 9.17) is 9.47 Å². The van der Waals surface area contributed by atoms with Crippen molar-refractivity contribution in [3.8, 4) is 17.0 Å². The molecule has 1 amide bonds. The van der Waals surface area contributed by atoms with Crippen molar-refractivity contribution < 1.29 is 32.2 Å². The maximum atomic E-state index is 12.2. The smallest absolute Gasteiger partial charge is 0.406 e. The second-order valence-corrected chi connectivity index (χ2v) is 5.87. The topological polar surface area (TPSA) is 76.7 Å². The van der Waals surface area contributed by atoms with E-state index in [9.17, 15) is 18.0 Å². The number of nitrogens with one attached hydrogen (secondary N) is 1. The van der Waals surface area contributed by atoms with Crippen molar-refractivity contribution in [1.82, 2.24) is 14.9 Å². The Morgan fingerprint density at radius 1 is 1.37 bits per heavy atom. The van der Waals surface area contributed by atoms with Crippen LogP contribution in [0.5, 0.6) is 5.75 Å². The van der Waals surface area contributed by atoms with Crippen LogP contribution in [0.15, 0.2) is 30.5 Å². The number of aromatic amines is 1. The summed E-state index contributed by atoms with van der Waals surface area (Å²) in [5.74, 6) is 0.0604. The van der Waals surface area contributed by atoms with Crippen molar-refractivity contribution in [3.05, 3.63) is 36.3 Å². The zero-order chi connectivity index (χ0) is 19.4. The fourth-order valence-electron chi connectivity index (χ4n) is 2.82. The Morgan fingerprint density at radius 2 is 2.11 bits per heavy atom. The normalized spacial score (nSPS) is 17.8. The molecule has 1 atom stereocenters. The van der Waals surface area contributed by atoms with E-state index in [1.165, 1.54) is 31.4 Å². The summed E-state index contributed by atoms with van der Waals surface area (Å²) in [6.45, 7) is 1.11. The third kappa shape index (κ3) is 4.77. The molecule has 1 unspecified atom stereocenters. The van der Waals surface area contributed by atoms with Crippen molar-refractivity contribution in [2.75, 3.05) is 33.5 Å².